The first-order chi connectivity index (χ1) is 13.5. The highest BCUT2D eigenvalue weighted by molar-refractivity contribution is 5.88. The van der Waals surface area contributed by atoms with Crippen LogP contribution in [0.15, 0.2) is 0 Å². The smallest absolute Gasteiger partial charge is 0.306 e. The van der Waals surface area contributed by atoms with Crippen LogP contribution >= 0.6 is 0 Å². The van der Waals surface area contributed by atoms with Gasteiger partial charge in [-0.25, -0.2) is 0 Å². The molecule has 156 valence electrons. The normalized spacial score (nSPS) is 35.7. The van der Waals surface area contributed by atoms with E-state index in [0.717, 1.165) is 51.4 Å². The summed E-state index contributed by atoms with van der Waals surface area (Å²) in [7, 11) is 0. The number of rotatable bonds is 8. The molecule has 0 bridgehead atoms. The Hall–Kier alpha value is -1.39. The van der Waals surface area contributed by atoms with Crippen LogP contribution < -0.4 is 0 Å². The number of carbonyl (C=O) groups excluding carboxylic acids is 1. The van der Waals surface area contributed by atoms with Crippen LogP contribution in [-0.4, -0.2) is 27.9 Å². The highest BCUT2D eigenvalue weighted by Gasteiger charge is 2.58. The van der Waals surface area contributed by atoms with E-state index in [0.29, 0.717) is 24.7 Å². The van der Waals surface area contributed by atoms with Gasteiger partial charge in [0.15, 0.2) is 0 Å². The molecule has 0 aromatic carbocycles. The number of hydrogen-bond acceptors (Lipinski definition) is 3. The molecule has 6 atom stereocenters. The Morgan fingerprint density at radius 2 is 0.964 bits per heavy atom. The fourth-order valence-corrected chi connectivity index (χ4v) is 6.59. The maximum absolute atomic E-state index is 14.0. The first-order valence-corrected chi connectivity index (χ1v) is 11.5. The molecule has 4 aliphatic carbocycles. The van der Waals surface area contributed by atoms with Crippen LogP contribution in [0.2, 0.25) is 0 Å². The minimum atomic E-state index is -0.761. The van der Waals surface area contributed by atoms with E-state index in [1.807, 2.05) is 0 Å². The third kappa shape index (κ3) is 3.99. The number of carboxylic acids is 2. The van der Waals surface area contributed by atoms with Gasteiger partial charge in [-0.2, -0.15) is 0 Å². The summed E-state index contributed by atoms with van der Waals surface area (Å²) in [5.41, 5.74) is 0. The molecule has 0 heterocycles. The number of carbonyl (C=O) groups is 3. The molecule has 28 heavy (non-hydrogen) atoms. The molecule has 0 spiro atoms. The van der Waals surface area contributed by atoms with Gasteiger partial charge in [0.05, 0.1) is 11.8 Å². The highest BCUT2D eigenvalue weighted by atomic mass is 16.4. The van der Waals surface area contributed by atoms with Gasteiger partial charge in [0.2, 0.25) is 0 Å². The van der Waals surface area contributed by atoms with Crippen molar-refractivity contribution in [3.05, 3.63) is 0 Å². The Labute approximate surface area is 167 Å². The van der Waals surface area contributed by atoms with Gasteiger partial charge in [-0.15, -0.1) is 0 Å². The maximum atomic E-state index is 14.0. The molecule has 4 aliphatic rings. The molecule has 0 aromatic rings. The van der Waals surface area contributed by atoms with Gasteiger partial charge in [0, 0.05) is 11.8 Å². The SMILES string of the molecule is O=C(O)C1CC1C(C(=O)C(C1CCCCC1)C1CC1C(=O)O)C1CCCCC1. The van der Waals surface area contributed by atoms with E-state index in [4.69, 9.17) is 0 Å². The molecule has 0 aromatic heterocycles. The maximum Gasteiger partial charge on any atom is 0.306 e. The van der Waals surface area contributed by atoms with Gasteiger partial charge in [-0.1, -0.05) is 38.5 Å². The number of aliphatic carboxylic acids is 2. The van der Waals surface area contributed by atoms with Crippen molar-refractivity contribution < 1.29 is 24.6 Å². The van der Waals surface area contributed by atoms with Crippen molar-refractivity contribution in [2.24, 2.45) is 47.3 Å². The molecule has 5 nitrogen and oxygen atoms in total. The fraction of sp³-hybridized carbons (Fsp3) is 0.870. The van der Waals surface area contributed by atoms with E-state index in [1.54, 1.807) is 0 Å². The van der Waals surface area contributed by atoms with Crippen LogP contribution in [0.25, 0.3) is 0 Å². The van der Waals surface area contributed by atoms with Crippen molar-refractivity contribution in [1.82, 2.24) is 0 Å². The fourth-order valence-electron chi connectivity index (χ4n) is 6.59. The quantitative estimate of drug-likeness (QED) is 0.641. The lowest BCUT2D eigenvalue weighted by Crippen LogP contribution is -2.38. The molecular weight excluding hydrogens is 356 g/mol. The highest BCUT2D eigenvalue weighted by Crippen LogP contribution is 2.56. The van der Waals surface area contributed by atoms with Crippen LogP contribution in [0.5, 0.6) is 0 Å². The third-order valence-electron chi connectivity index (χ3n) is 8.21. The number of hydrogen-bond donors (Lipinski definition) is 2. The lowest BCUT2D eigenvalue weighted by molar-refractivity contribution is -0.139. The molecular formula is C23H34O5. The first-order valence-electron chi connectivity index (χ1n) is 11.5. The van der Waals surface area contributed by atoms with Gasteiger partial charge in [-0.05, 0) is 62.2 Å². The molecule has 5 heteroatoms. The first kappa shape index (κ1) is 19.9. The van der Waals surface area contributed by atoms with Crippen LogP contribution in [0.3, 0.4) is 0 Å². The van der Waals surface area contributed by atoms with Crippen molar-refractivity contribution in [3.63, 3.8) is 0 Å². The zero-order valence-electron chi connectivity index (χ0n) is 16.7. The number of carboxylic acid groups (broad SMARTS) is 2. The molecule has 4 fully saturated rings. The van der Waals surface area contributed by atoms with E-state index in [1.165, 1.54) is 12.8 Å². The van der Waals surface area contributed by atoms with E-state index in [9.17, 15) is 24.6 Å². The largest absolute Gasteiger partial charge is 0.481 e. The van der Waals surface area contributed by atoms with Crippen molar-refractivity contribution in [1.29, 1.82) is 0 Å². The van der Waals surface area contributed by atoms with Crippen molar-refractivity contribution in [2.75, 3.05) is 0 Å². The topological polar surface area (TPSA) is 91.7 Å². The van der Waals surface area contributed by atoms with Crippen LogP contribution in [-0.2, 0) is 14.4 Å². The Bertz CT molecular complexity index is 564. The van der Waals surface area contributed by atoms with Gasteiger partial charge >= 0.3 is 11.9 Å². The second-order valence-corrected chi connectivity index (χ2v) is 9.94. The zero-order chi connectivity index (χ0) is 19.8. The molecule has 4 rings (SSSR count). The summed E-state index contributed by atoms with van der Waals surface area (Å²) >= 11 is 0. The average molecular weight is 391 g/mol. The second-order valence-electron chi connectivity index (χ2n) is 9.94. The van der Waals surface area contributed by atoms with Gasteiger partial charge in [-0.3, -0.25) is 14.4 Å². The predicted molar refractivity (Wildman–Crippen MR) is 104 cm³/mol. The average Bonchev–Trinajstić information content (AvgIpc) is 3.59. The Morgan fingerprint density at radius 3 is 1.25 bits per heavy atom. The molecule has 2 N–H and O–H groups in total. The van der Waals surface area contributed by atoms with E-state index in [2.05, 4.69) is 0 Å². The van der Waals surface area contributed by atoms with Crippen LogP contribution in [0.1, 0.15) is 77.0 Å². The summed E-state index contributed by atoms with van der Waals surface area (Å²) in [5, 5.41) is 19.0. The lowest BCUT2D eigenvalue weighted by atomic mass is 9.67. The molecule has 4 saturated carbocycles. The Balaban J connectivity index is 1.57. The summed E-state index contributed by atoms with van der Waals surface area (Å²) in [5.74, 6) is -1.71. The van der Waals surface area contributed by atoms with Crippen LogP contribution in [0, 0.1) is 47.3 Å². The minimum absolute atomic E-state index is 0.0128. The van der Waals surface area contributed by atoms with Crippen molar-refractivity contribution in [3.8, 4) is 0 Å². The van der Waals surface area contributed by atoms with E-state index in [-0.39, 0.29) is 41.3 Å². The van der Waals surface area contributed by atoms with Crippen molar-refractivity contribution >= 4 is 17.7 Å². The third-order valence-corrected chi connectivity index (χ3v) is 8.21. The molecule has 6 unspecified atom stereocenters. The Morgan fingerprint density at radius 1 is 0.607 bits per heavy atom. The summed E-state index contributed by atoms with van der Waals surface area (Å²) in [6, 6.07) is 0. The summed E-state index contributed by atoms with van der Waals surface area (Å²) in [4.78, 5) is 37.1. The van der Waals surface area contributed by atoms with E-state index < -0.39 is 11.9 Å². The summed E-state index contributed by atoms with van der Waals surface area (Å²) in [6.45, 7) is 0. The molecule has 0 aliphatic heterocycles. The van der Waals surface area contributed by atoms with Gasteiger partial charge in [0.1, 0.15) is 5.78 Å². The number of Topliss-reactive ketones (excluding diaryl/α,β-unsaturated/α-hetero) is 1. The lowest BCUT2D eigenvalue weighted by Gasteiger charge is -2.36. The zero-order valence-corrected chi connectivity index (χ0v) is 16.7. The molecule has 0 saturated heterocycles. The summed E-state index contributed by atoms with van der Waals surface area (Å²) < 4.78 is 0. The molecule has 0 amide bonds. The monoisotopic (exact) mass is 390 g/mol. The van der Waals surface area contributed by atoms with Gasteiger partial charge in [0.25, 0.3) is 0 Å². The van der Waals surface area contributed by atoms with Crippen molar-refractivity contribution in [2.45, 2.75) is 77.0 Å². The van der Waals surface area contributed by atoms with E-state index >= 15 is 0 Å². The predicted octanol–water partition coefficient (Wildman–Crippen LogP) is 4.39. The standard InChI is InChI=1S/C23H34O5/c24-21(19(13-7-3-1-4-8-13)15-11-17(15)22(25)26)20(14-9-5-2-6-10-14)16-12-18(16)23(27)28/h13-20H,1-12H2,(H,25,26)(H,27,28). The minimum Gasteiger partial charge on any atom is -0.481 e. The second kappa shape index (κ2) is 8.16. The van der Waals surface area contributed by atoms with Crippen LogP contribution in [0.4, 0.5) is 0 Å². The molecule has 0 radical (unpaired) electrons. The number of ketones is 1. The summed E-state index contributed by atoms with van der Waals surface area (Å²) in [6.07, 6.45) is 12.3. The Kier molecular flexibility index (Phi) is 5.80. The van der Waals surface area contributed by atoms with Gasteiger partial charge < -0.3 is 10.2 Å².